The van der Waals surface area contributed by atoms with Crippen LogP contribution >= 0.6 is 0 Å². The Hall–Kier alpha value is -1.58. The van der Waals surface area contributed by atoms with Crippen LogP contribution in [-0.4, -0.2) is 23.6 Å². The maximum atomic E-state index is 11.7. The fourth-order valence-corrected chi connectivity index (χ4v) is 1.69. The first-order chi connectivity index (χ1) is 7.62. The normalized spacial score (nSPS) is 13.9. The highest BCUT2D eigenvalue weighted by Crippen LogP contribution is 2.20. The Morgan fingerprint density at radius 2 is 2.12 bits per heavy atom. The Morgan fingerprint density at radius 1 is 1.50 bits per heavy atom. The van der Waals surface area contributed by atoms with Gasteiger partial charge in [0.2, 0.25) is 0 Å². The number of carbonyl (C=O) groups excluding carboxylic acids is 1. The lowest BCUT2D eigenvalue weighted by Crippen LogP contribution is -2.44. The van der Waals surface area contributed by atoms with E-state index < -0.39 is 5.54 Å². The first-order valence-electron chi connectivity index (χ1n) is 5.39. The number of pyridine rings is 1. The van der Waals surface area contributed by atoms with Gasteiger partial charge in [-0.25, -0.2) is 4.79 Å². The van der Waals surface area contributed by atoms with Crippen LogP contribution in [0.2, 0.25) is 0 Å². The van der Waals surface area contributed by atoms with Crippen molar-refractivity contribution >= 4 is 11.7 Å². The second-order valence-corrected chi connectivity index (χ2v) is 3.93. The van der Waals surface area contributed by atoms with E-state index in [2.05, 4.69) is 10.3 Å². The van der Waals surface area contributed by atoms with Crippen LogP contribution in [0.15, 0.2) is 24.5 Å². The summed E-state index contributed by atoms with van der Waals surface area (Å²) in [6.45, 7) is 3.89. The lowest BCUT2D eigenvalue weighted by Gasteiger charge is -2.28. The number of anilines is 1. The number of rotatable bonds is 5. The minimum atomic E-state index is -0.676. The number of hydrogen-bond acceptors (Lipinski definition) is 4. The summed E-state index contributed by atoms with van der Waals surface area (Å²) in [6.07, 6.45) is 5.00. The molecule has 88 valence electrons. The van der Waals surface area contributed by atoms with Crippen LogP contribution in [0, 0.1) is 0 Å². The summed E-state index contributed by atoms with van der Waals surface area (Å²) in [5.41, 5.74) is 0.196. The summed E-state index contributed by atoms with van der Waals surface area (Å²) < 4.78 is 4.82. The van der Waals surface area contributed by atoms with Gasteiger partial charge in [-0.1, -0.05) is 13.3 Å². The second-order valence-electron chi connectivity index (χ2n) is 3.93. The number of hydrogen-bond donors (Lipinski definition) is 1. The molecule has 1 atom stereocenters. The van der Waals surface area contributed by atoms with Crippen molar-refractivity contribution in [1.82, 2.24) is 4.98 Å². The van der Waals surface area contributed by atoms with Crippen LogP contribution in [0.4, 0.5) is 5.69 Å². The fraction of sp³-hybridized carbons (Fsp3) is 0.500. The first kappa shape index (κ1) is 12.5. The van der Waals surface area contributed by atoms with Crippen molar-refractivity contribution in [2.45, 2.75) is 32.2 Å². The molecule has 0 aliphatic rings. The minimum Gasteiger partial charge on any atom is -0.467 e. The zero-order valence-corrected chi connectivity index (χ0v) is 9.99. The van der Waals surface area contributed by atoms with Crippen molar-refractivity contribution in [3.63, 3.8) is 0 Å². The highest BCUT2D eigenvalue weighted by atomic mass is 16.5. The van der Waals surface area contributed by atoms with Gasteiger partial charge in [0.25, 0.3) is 0 Å². The van der Waals surface area contributed by atoms with E-state index in [1.807, 2.05) is 26.0 Å². The third-order valence-electron chi connectivity index (χ3n) is 2.49. The quantitative estimate of drug-likeness (QED) is 0.776. The molecule has 4 heteroatoms. The summed E-state index contributed by atoms with van der Waals surface area (Å²) in [6, 6.07) is 3.66. The van der Waals surface area contributed by atoms with Gasteiger partial charge in [-0.15, -0.1) is 0 Å². The van der Waals surface area contributed by atoms with Crippen LogP contribution in [0.25, 0.3) is 0 Å². The third-order valence-corrected chi connectivity index (χ3v) is 2.49. The topological polar surface area (TPSA) is 51.2 Å². The summed E-state index contributed by atoms with van der Waals surface area (Å²) in [5.74, 6) is -0.244. The van der Waals surface area contributed by atoms with Crippen molar-refractivity contribution < 1.29 is 9.53 Å². The van der Waals surface area contributed by atoms with Crippen LogP contribution < -0.4 is 5.32 Å². The zero-order valence-electron chi connectivity index (χ0n) is 9.99. The first-order valence-corrected chi connectivity index (χ1v) is 5.39. The van der Waals surface area contributed by atoms with Crippen molar-refractivity contribution in [2.75, 3.05) is 12.4 Å². The fourth-order valence-electron chi connectivity index (χ4n) is 1.69. The Balaban J connectivity index is 2.83. The van der Waals surface area contributed by atoms with E-state index in [9.17, 15) is 4.79 Å². The molecule has 0 saturated heterocycles. The maximum Gasteiger partial charge on any atom is 0.331 e. The number of ether oxygens (including phenoxy) is 1. The smallest absolute Gasteiger partial charge is 0.331 e. The van der Waals surface area contributed by atoms with Crippen molar-refractivity contribution in [1.29, 1.82) is 0 Å². The lowest BCUT2D eigenvalue weighted by molar-refractivity contribution is -0.145. The molecule has 1 unspecified atom stereocenters. The van der Waals surface area contributed by atoms with Gasteiger partial charge in [-0.2, -0.15) is 0 Å². The molecule has 0 spiro atoms. The number of methoxy groups -OCH3 is 1. The molecule has 0 aliphatic carbocycles. The number of aromatic nitrogens is 1. The zero-order chi connectivity index (χ0) is 12.0. The molecule has 1 aromatic rings. The Kier molecular flexibility index (Phi) is 4.28. The van der Waals surface area contributed by atoms with Gasteiger partial charge in [-0.05, 0) is 25.5 Å². The molecule has 1 aromatic heterocycles. The monoisotopic (exact) mass is 222 g/mol. The average Bonchev–Trinajstić information content (AvgIpc) is 2.29. The van der Waals surface area contributed by atoms with Gasteiger partial charge in [-0.3, -0.25) is 4.98 Å². The lowest BCUT2D eigenvalue weighted by atomic mass is 9.96. The molecule has 16 heavy (non-hydrogen) atoms. The predicted molar refractivity (Wildman–Crippen MR) is 63.2 cm³/mol. The number of esters is 1. The molecule has 1 N–H and O–H groups in total. The Bertz CT molecular complexity index is 340. The van der Waals surface area contributed by atoms with Gasteiger partial charge in [0, 0.05) is 18.1 Å². The molecule has 0 saturated carbocycles. The van der Waals surface area contributed by atoms with Gasteiger partial charge in [0.05, 0.1) is 7.11 Å². The molecular formula is C12H18N2O2. The average molecular weight is 222 g/mol. The molecule has 0 fully saturated rings. The summed E-state index contributed by atoms with van der Waals surface area (Å²) in [4.78, 5) is 15.7. The second kappa shape index (κ2) is 5.49. The molecule has 0 bridgehead atoms. The van der Waals surface area contributed by atoms with Crippen LogP contribution in [0.1, 0.15) is 26.7 Å². The molecule has 0 aromatic carbocycles. The third kappa shape index (κ3) is 2.95. The van der Waals surface area contributed by atoms with Gasteiger partial charge >= 0.3 is 5.97 Å². The standard InChI is InChI=1S/C12H18N2O2/c1-4-7-12(2,11(15)16-3)14-10-5-8-13-9-6-10/h5-6,8-9H,4,7H2,1-3H3,(H,13,14). The Morgan fingerprint density at radius 3 is 2.62 bits per heavy atom. The van der Waals surface area contributed by atoms with Gasteiger partial charge in [0.1, 0.15) is 5.54 Å². The largest absolute Gasteiger partial charge is 0.467 e. The van der Waals surface area contributed by atoms with E-state index in [0.29, 0.717) is 0 Å². The molecule has 1 heterocycles. The molecule has 1 rings (SSSR count). The van der Waals surface area contributed by atoms with E-state index in [1.54, 1.807) is 12.4 Å². The van der Waals surface area contributed by atoms with Crippen LogP contribution in [-0.2, 0) is 9.53 Å². The van der Waals surface area contributed by atoms with E-state index in [-0.39, 0.29) is 5.97 Å². The number of nitrogens with zero attached hydrogens (tertiary/aromatic N) is 1. The highest BCUT2D eigenvalue weighted by molar-refractivity contribution is 5.83. The van der Waals surface area contributed by atoms with E-state index in [0.717, 1.165) is 18.5 Å². The van der Waals surface area contributed by atoms with Gasteiger partial charge in [0.15, 0.2) is 0 Å². The van der Waals surface area contributed by atoms with Crippen molar-refractivity contribution in [3.8, 4) is 0 Å². The summed E-state index contributed by atoms with van der Waals surface area (Å²) in [5, 5.41) is 3.19. The van der Waals surface area contributed by atoms with E-state index in [1.165, 1.54) is 7.11 Å². The molecule has 4 nitrogen and oxygen atoms in total. The van der Waals surface area contributed by atoms with Gasteiger partial charge < -0.3 is 10.1 Å². The summed E-state index contributed by atoms with van der Waals surface area (Å²) in [7, 11) is 1.41. The predicted octanol–water partition coefficient (Wildman–Crippen LogP) is 2.23. The molecule has 0 amide bonds. The SMILES string of the molecule is CCCC(C)(Nc1ccncc1)C(=O)OC. The Labute approximate surface area is 96.0 Å². The number of nitrogens with one attached hydrogen (secondary N) is 1. The van der Waals surface area contributed by atoms with E-state index >= 15 is 0 Å². The maximum absolute atomic E-state index is 11.7. The molecule has 0 aliphatic heterocycles. The summed E-state index contributed by atoms with van der Waals surface area (Å²) >= 11 is 0. The minimum absolute atomic E-state index is 0.244. The van der Waals surface area contributed by atoms with E-state index in [4.69, 9.17) is 4.74 Å². The molecule has 0 radical (unpaired) electrons. The molecular weight excluding hydrogens is 204 g/mol. The highest BCUT2D eigenvalue weighted by Gasteiger charge is 2.33. The number of carbonyl (C=O) groups is 1. The van der Waals surface area contributed by atoms with Crippen molar-refractivity contribution in [2.24, 2.45) is 0 Å². The van der Waals surface area contributed by atoms with Crippen LogP contribution in [0.5, 0.6) is 0 Å². The van der Waals surface area contributed by atoms with Crippen LogP contribution in [0.3, 0.4) is 0 Å². The van der Waals surface area contributed by atoms with Crippen molar-refractivity contribution in [3.05, 3.63) is 24.5 Å².